The molecule has 1 heterocycles. The predicted octanol–water partition coefficient (Wildman–Crippen LogP) is 1.46. The SMILES string of the molecule is COC1CCCOC1OC1CCC(O)CC1. The van der Waals surface area contributed by atoms with Crippen LogP contribution in [0.3, 0.4) is 0 Å². The van der Waals surface area contributed by atoms with Crippen molar-refractivity contribution in [1.29, 1.82) is 0 Å². The van der Waals surface area contributed by atoms with Gasteiger partial charge >= 0.3 is 0 Å². The van der Waals surface area contributed by atoms with Gasteiger partial charge in [-0.25, -0.2) is 0 Å². The fourth-order valence-electron chi connectivity index (χ4n) is 2.45. The van der Waals surface area contributed by atoms with Crippen LogP contribution in [0.4, 0.5) is 0 Å². The van der Waals surface area contributed by atoms with Crippen molar-refractivity contribution in [3.05, 3.63) is 0 Å². The zero-order valence-electron chi connectivity index (χ0n) is 9.93. The van der Waals surface area contributed by atoms with E-state index in [4.69, 9.17) is 14.2 Å². The zero-order chi connectivity index (χ0) is 11.4. The van der Waals surface area contributed by atoms with Gasteiger partial charge in [0, 0.05) is 13.7 Å². The van der Waals surface area contributed by atoms with Crippen LogP contribution in [0.2, 0.25) is 0 Å². The molecule has 94 valence electrons. The Kier molecular flexibility index (Phi) is 4.58. The molecule has 1 saturated carbocycles. The Hall–Kier alpha value is -0.160. The van der Waals surface area contributed by atoms with Crippen LogP contribution in [-0.4, -0.2) is 43.4 Å². The first-order chi connectivity index (χ1) is 7.79. The third kappa shape index (κ3) is 3.17. The first-order valence-corrected chi connectivity index (χ1v) is 6.27. The normalized spacial score (nSPS) is 40.9. The van der Waals surface area contributed by atoms with Crippen LogP contribution < -0.4 is 0 Å². The van der Waals surface area contributed by atoms with Gasteiger partial charge in [0.2, 0.25) is 0 Å². The summed E-state index contributed by atoms with van der Waals surface area (Å²) in [5.41, 5.74) is 0. The molecule has 0 aromatic carbocycles. The van der Waals surface area contributed by atoms with Crippen LogP contribution in [0.25, 0.3) is 0 Å². The Labute approximate surface area is 96.9 Å². The Balaban J connectivity index is 1.78. The van der Waals surface area contributed by atoms with Crippen molar-refractivity contribution in [3.63, 3.8) is 0 Å². The first kappa shape index (κ1) is 12.3. The van der Waals surface area contributed by atoms with Gasteiger partial charge in [0.25, 0.3) is 0 Å². The molecule has 2 unspecified atom stereocenters. The Morgan fingerprint density at radius 1 is 1.12 bits per heavy atom. The lowest BCUT2D eigenvalue weighted by Crippen LogP contribution is -2.41. The van der Waals surface area contributed by atoms with Gasteiger partial charge in [-0.3, -0.25) is 0 Å². The van der Waals surface area contributed by atoms with Crippen LogP contribution in [0, 0.1) is 0 Å². The molecule has 0 spiro atoms. The van der Waals surface area contributed by atoms with Crippen LogP contribution in [0.1, 0.15) is 38.5 Å². The molecule has 2 rings (SSSR count). The zero-order valence-corrected chi connectivity index (χ0v) is 9.93. The molecule has 1 saturated heterocycles. The van der Waals surface area contributed by atoms with E-state index in [0.29, 0.717) is 0 Å². The lowest BCUT2D eigenvalue weighted by molar-refractivity contribution is -0.244. The van der Waals surface area contributed by atoms with Gasteiger partial charge in [0.15, 0.2) is 6.29 Å². The standard InChI is InChI=1S/C12H22O4/c1-14-11-3-2-8-15-12(11)16-10-6-4-9(13)5-7-10/h9-13H,2-8H2,1H3. The molecule has 1 aliphatic carbocycles. The largest absolute Gasteiger partial charge is 0.393 e. The highest BCUT2D eigenvalue weighted by molar-refractivity contribution is 4.75. The van der Waals surface area contributed by atoms with E-state index in [1.165, 1.54) is 0 Å². The molecule has 4 heteroatoms. The molecule has 2 atom stereocenters. The maximum atomic E-state index is 9.42. The maximum absolute atomic E-state index is 9.42. The van der Waals surface area contributed by atoms with Crippen molar-refractivity contribution in [1.82, 2.24) is 0 Å². The molecule has 0 amide bonds. The van der Waals surface area contributed by atoms with Gasteiger partial charge in [-0.2, -0.15) is 0 Å². The third-order valence-electron chi connectivity index (χ3n) is 3.49. The molecule has 2 fully saturated rings. The highest BCUT2D eigenvalue weighted by Crippen LogP contribution is 2.26. The van der Waals surface area contributed by atoms with E-state index in [9.17, 15) is 5.11 Å². The lowest BCUT2D eigenvalue weighted by Gasteiger charge is -2.35. The average molecular weight is 230 g/mol. The van der Waals surface area contributed by atoms with Crippen LogP contribution in [-0.2, 0) is 14.2 Å². The lowest BCUT2D eigenvalue weighted by atomic mass is 9.95. The molecule has 0 aromatic heterocycles. The maximum Gasteiger partial charge on any atom is 0.183 e. The molecule has 1 aliphatic heterocycles. The van der Waals surface area contributed by atoms with Crippen LogP contribution in [0.15, 0.2) is 0 Å². The van der Waals surface area contributed by atoms with Crippen LogP contribution >= 0.6 is 0 Å². The number of rotatable bonds is 3. The van der Waals surface area contributed by atoms with E-state index < -0.39 is 0 Å². The number of aliphatic hydroxyl groups is 1. The van der Waals surface area contributed by atoms with Crippen molar-refractivity contribution in [3.8, 4) is 0 Å². The number of methoxy groups -OCH3 is 1. The molecular formula is C12H22O4. The van der Waals surface area contributed by atoms with E-state index in [1.807, 2.05) is 0 Å². The summed E-state index contributed by atoms with van der Waals surface area (Å²) in [5.74, 6) is 0. The minimum atomic E-state index is -0.209. The first-order valence-electron chi connectivity index (χ1n) is 6.27. The summed E-state index contributed by atoms with van der Waals surface area (Å²) < 4.78 is 16.9. The summed E-state index contributed by atoms with van der Waals surface area (Å²) in [5, 5.41) is 9.42. The summed E-state index contributed by atoms with van der Waals surface area (Å²) in [7, 11) is 1.71. The summed E-state index contributed by atoms with van der Waals surface area (Å²) in [6, 6.07) is 0. The molecule has 0 aromatic rings. The van der Waals surface area contributed by atoms with Crippen molar-refractivity contribution in [2.75, 3.05) is 13.7 Å². The van der Waals surface area contributed by atoms with Crippen molar-refractivity contribution >= 4 is 0 Å². The highest BCUT2D eigenvalue weighted by Gasteiger charge is 2.30. The van der Waals surface area contributed by atoms with Crippen molar-refractivity contribution in [2.24, 2.45) is 0 Å². The smallest absolute Gasteiger partial charge is 0.183 e. The second kappa shape index (κ2) is 5.96. The van der Waals surface area contributed by atoms with E-state index in [2.05, 4.69) is 0 Å². The second-order valence-corrected chi connectivity index (χ2v) is 4.72. The van der Waals surface area contributed by atoms with E-state index in [1.54, 1.807) is 7.11 Å². The number of hydrogen-bond donors (Lipinski definition) is 1. The number of hydrogen-bond acceptors (Lipinski definition) is 4. The number of ether oxygens (including phenoxy) is 3. The summed E-state index contributed by atoms with van der Waals surface area (Å²) in [4.78, 5) is 0. The molecule has 0 radical (unpaired) electrons. The fourth-order valence-corrected chi connectivity index (χ4v) is 2.45. The Bertz CT molecular complexity index is 201. The Morgan fingerprint density at radius 2 is 1.88 bits per heavy atom. The number of aliphatic hydroxyl groups excluding tert-OH is 1. The average Bonchev–Trinajstić information content (AvgIpc) is 2.33. The van der Waals surface area contributed by atoms with E-state index >= 15 is 0 Å². The molecule has 2 aliphatic rings. The van der Waals surface area contributed by atoms with Gasteiger partial charge in [0.1, 0.15) is 6.10 Å². The van der Waals surface area contributed by atoms with Gasteiger partial charge in [0.05, 0.1) is 12.2 Å². The van der Waals surface area contributed by atoms with E-state index in [0.717, 1.165) is 45.1 Å². The molecule has 0 bridgehead atoms. The minimum Gasteiger partial charge on any atom is -0.393 e. The summed E-state index contributed by atoms with van der Waals surface area (Å²) >= 11 is 0. The molecule has 1 N–H and O–H groups in total. The quantitative estimate of drug-likeness (QED) is 0.797. The topological polar surface area (TPSA) is 47.9 Å². The summed E-state index contributed by atoms with van der Waals surface area (Å²) in [6.45, 7) is 0.764. The predicted molar refractivity (Wildman–Crippen MR) is 59.1 cm³/mol. The van der Waals surface area contributed by atoms with Gasteiger partial charge in [-0.15, -0.1) is 0 Å². The van der Waals surface area contributed by atoms with Gasteiger partial charge in [-0.1, -0.05) is 0 Å². The fraction of sp³-hybridized carbons (Fsp3) is 1.00. The third-order valence-corrected chi connectivity index (χ3v) is 3.49. The summed E-state index contributed by atoms with van der Waals surface area (Å²) in [6.07, 6.45) is 5.55. The molecule has 4 nitrogen and oxygen atoms in total. The minimum absolute atomic E-state index is 0.0700. The van der Waals surface area contributed by atoms with Crippen molar-refractivity contribution < 1.29 is 19.3 Å². The second-order valence-electron chi connectivity index (χ2n) is 4.72. The monoisotopic (exact) mass is 230 g/mol. The highest BCUT2D eigenvalue weighted by atomic mass is 16.7. The Morgan fingerprint density at radius 3 is 2.56 bits per heavy atom. The van der Waals surface area contributed by atoms with Crippen LogP contribution in [0.5, 0.6) is 0 Å². The molecular weight excluding hydrogens is 208 g/mol. The van der Waals surface area contributed by atoms with E-state index in [-0.39, 0.29) is 24.6 Å². The van der Waals surface area contributed by atoms with Crippen molar-refractivity contribution in [2.45, 2.75) is 63.1 Å². The van der Waals surface area contributed by atoms with Gasteiger partial charge in [-0.05, 0) is 38.5 Å². The molecule has 16 heavy (non-hydrogen) atoms. The van der Waals surface area contributed by atoms with Gasteiger partial charge < -0.3 is 19.3 Å².